The molecule has 5 rings (SSSR count). The molecule has 1 aromatic carbocycles. The topological polar surface area (TPSA) is 84.5 Å². The summed E-state index contributed by atoms with van der Waals surface area (Å²) in [6.45, 7) is 0. The number of para-hydroxylation sites is 1. The van der Waals surface area contributed by atoms with Gasteiger partial charge >= 0.3 is 6.18 Å². The average Bonchev–Trinajstić information content (AvgIpc) is 3.42. The van der Waals surface area contributed by atoms with Crippen molar-refractivity contribution in [2.24, 2.45) is 0 Å². The summed E-state index contributed by atoms with van der Waals surface area (Å²) in [5.41, 5.74) is 0.872. The number of alkyl halides is 3. The van der Waals surface area contributed by atoms with Gasteiger partial charge in [-0.05, 0) is 49.9 Å². The van der Waals surface area contributed by atoms with E-state index in [0.717, 1.165) is 31.9 Å². The Bertz CT molecular complexity index is 1270. The van der Waals surface area contributed by atoms with Gasteiger partial charge in [-0.3, -0.25) is 9.20 Å². The van der Waals surface area contributed by atoms with Crippen LogP contribution in [0.25, 0.3) is 16.7 Å². The number of amides is 1. The largest absolute Gasteiger partial charge is 0.443 e. The van der Waals surface area contributed by atoms with Gasteiger partial charge in [0.2, 0.25) is 0 Å². The summed E-state index contributed by atoms with van der Waals surface area (Å²) in [5, 5.41) is 6.39. The Balaban J connectivity index is 1.22. The summed E-state index contributed by atoms with van der Waals surface area (Å²) in [6, 6.07) is 10.3. The van der Waals surface area contributed by atoms with E-state index in [4.69, 9.17) is 4.42 Å². The zero-order valence-corrected chi connectivity index (χ0v) is 16.9. The molecule has 0 atom stereocenters. The molecule has 0 saturated heterocycles. The molecule has 10 heteroatoms. The van der Waals surface area contributed by atoms with Gasteiger partial charge in [-0.15, -0.1) is 0 Å². The summed E-state index contributed by atoms with van der Waals surface area (Å²) in [5.74, 6) is 0.363. The number of nitrogens with one attached hydrogen (secondary N) is 2. The van der Waals surface area contributed by atoms with Gasteiger partial charge in [0.05, 0.1) is 5.56 Å². The zero-order chi connectivity index (χ0) is 22.3. The lowest BCUT2D eigenvalue weighted by molar-refractivity contribution is -0.140. The zero-order valence-electron chi connectivity index (χ0n) is 16.9. The van der Waals surface area contributed by atoms with E-state index in [1.165, 1.54) is 10.8 Å². The number of carbonyl (C=O) groups excluding carboxylic acids is 1. The van der Waals surface area contributed by atoms with Crippen molar-refractivity contribution in [3.05, 3.63) is 60.2 Å². The third kappa shape index (κ3) is 3.88. The summed E-state index contributed by atoms with van der Waals surface area (Å²) in [6.07, 6.45) is 0.885. The second kappa shape index (κ2) is 7.85. The molecule has 0 radical (unpaired) electrons. The van der Waals surface area contributed by atoms with Crippen LogP contribution in [-0.2, 0) is 6.18 Å². The molecule has 7 nitrogen and oxygen atoms in total. The molecule has 3 aromatic heterocycles. The van der Waals surface area contributed by atoms with Gasteiger partial charge in [0, 0.05) is 18.3 Å². The molecule has 2 N–H and O–H groups in total. The molecule has 1 saturated carbocycles. The number of rotatable bonds is 4. The van der Waals surface area contributed by atoms with E-state index >= 15 is 0 Å². The second-order valence-corrected chi connectivity index (χ2v) is 7.94. The first kappa shape index (κ1) is 20.3. The number of pyridine rings is 1. The minimum absolute atomic E-state index is 0.0135. The molecular weight excluding hydrogens is 423 g/mol. The third-order valence-corrected chi connectivity index (χ3v) is 5.80. The number of hydrogen-bond donors (Lipinski definition) is 2. The maximum absolute atomic E-state index is 13.0. The monoisotopic (exact) mass is 443 g/mol. The van der Waals surface area contributed by atoms with Gasteiger partial charge in [-0.2, -0.15) is 13.2 Å². The molecule has 1 fully saturated rings. The van der Waals surface area contributed by atoms with E-state index in [-0.39, 0.29) is 23.6 Å². The van der Waals surface area contributed by atoms with E-state index in [1.807, 2.05) is 0 Å². The molecular formula is C22H20F3N5O2. The maximum Gasteiger partial charge on any atom is 0.434 e. The number of anilines is 1. The molecule has 1 amide bonds. The number of carbonyl (C=O) groups is 1. The quantitative estimate of drug-likeness (QED) is 0.480. The minimum Gasteiger partial charge on any atom is -0.443 e. The summed E-state index contributed by atoms with van der Waals surface area (Å²) < 4.78 is 45.8. The average molecular weight is 443 g/mol. The molecule has 1 aliphatic rings. The molecule has 166 valence electrons. The minimum atomic E-state index is -4.49. The first-order chi connectivity index (χ1) is 15.4. The van der Waals surface area contributed by atoms with Crippen molar-refractivity contribution in [1.82, 2.24) is 19.7 Å². The van der Waals surface area contributed by atoms with Gasteiger partial charge in [-0.1, -0.05) is 12.1 Å². The highest BCUT2D eigenvalue weighted by Crippen LogP contribution is 2.30. The van der Waals surface area contributed by atoms with E-state index in [1.54, 1.807) is 36.4 Å². The third-order valence-electron chi connectivity index (χ3n) is 5.80. The lowest BCUT2D eigenvalue weighted by Crippen LogP contribution is -2.40. The second-order valence-electron chi connectivity index (χ2n) is 7.94. The Hall–Kier alpha value is -3.56. The SMILES string of the molecule is O=C(N[C@H]1CC[C@@H](Nc2cccc3nc(C(F)(F)F)cn23)CC1)c1cccc2ncoc12. The summed E-state index contributed by atoms with van der Waals surface area (Å²) in [4.78, 5) is 20.4. The van der Waals surface area contributed by atoms with E-state index in [0.29, 0.717) is 22.5 Å². The van der Waals surface area contributed by atoms with E-state index < -0.39 is 11.9 Å². The van der Waals surface area contributed by atoms with Gasteiger partial charge in [0.25, 0.3) is 5.91 Å². The predicted molar refractivity (Wildman–Crippen MR) is 111 cm³/mol. The molecule has 0 unspecified atom stereocenters. The van der Waals surface area contributed by atoms with Crippen molar-refractivity contribution in [1.29, 1.82) is 0 Å². The van der Waals surface area contributed by atoms with Crippen molar-refractivity contribution in [2.75, 3.05) is 5.32 Å². The van der Waals surface area contributed by atoms with Crippen molar-refractivity contribution >= 4 is 28.5 Å². The first-order valence-electron chi connectivity index (χ1n) is 10.3. The molecule has 3 heterocycles. The highest BCUT2D eigenvalue weighted by atomic mass is 19.4. The van der Waals surface area contributed by atoms with Crippen LogP contribution < -0.4 is 10.6 Å². The Labute approximate surface area is 180 Å². The van der Waals surface area contributed by atoms with Crippen molar-refractivity contribution < 1.29 is 22.4 Å². The van der Waals surface area contributed by atoms with Crippen LogP contribution in [0.4, 0.5) is 19.0 Å². The number of hydrogen-bond acceptors (Lipinski definition) is 5. The van der Waals surface area contributed by atoms with Crippen LogP contribution in [0.3, 0.4) is 0 Å². The number of halogens is 3. The van der Waals surface area contributed by atoms with Gasteiger partial charge in [0.1, 0.15) is 17.0 Å². The maximum atomic E-state index is 13.0. The number of aromatic nitrogens is 3. The fraction of sp³-hybridized carbons (Fsp3) is 0.318. The number of fused-ring (bicyclic) bond motifs is 2. The van der Waals surface area contributed by atoms with E-state index in [9.17, 15) is 18.0 Å². The summed E-state index contributed by atoms with van der Waals surface area (Å²) >= 11 is 0. The van der Waals surface area contributed by atoms with Gasteiger partial charge in [0.15, 0.2) is 17.7 Å². The lowest BCUT2D eigenvalue weighted by atomic mass is 9.91. The predicted octanol–water partition coefficient (Wildman–Crippen LogP) is 4.65. The molecule has 0 spiro atoms. The summed E-state index contributed by atoms with van der Waals surface area (Å²) in [7, 11) is 0. The normalized spacial score (nSPS) is 19.3. The van der Waals surface area contributed by atoms with Crippen LogP contribution in [0, 0.1) is 0 Å². The Morgan fingerprint density at radius 3 is 2.59 bits per heavy atom. The van der Waals surface area contributed by atoms with Crippen LogP contribution in [0.1, 0.15) is 41.7 Å². The first-order valence-corrected chi connectivity index (χ1v) is 10.3. The van der Waals surface area contributed by atoms with Crippen molar-refractivity contribution in [3.63, 3.8) is 0 Å². The van der Waals surface area contributed by atoms with Gasteiger partial charge in [-0.25, -0.2) is 9.97 Å². The number of nitrogens with zero attached hydrogens (tertiary/aromatic N) is 3. The molecule has 4 aromatic rings. The van der Waals surface area contributed by atoms with E-state index in [2.05, 4.69) is 20.6 Å². The lowest BCUT2D eigenvalue weighted by Gasteiger charge is -2.30. The Morgan fingerprint density at radius 1 is 1.06 bits per heavy atom. The Kier molecular flexibility index (Phi) is 4.99. The van der Waals surface area contributed by atoms with Crippen LogP contribution in [-0.4, -0.2) is 32.4 Å². The van der Waals surface area contributed by atoms with Crippen molar-refractivity contribution in [3.8, 4) is 0 Å². The highest BCUT2D eigenvalue weighted by Gasteiger charge is 2.34. The smallest absolute Gasteiger partial charge is 0.434 e. The molecule has 32 heavy (non-hydrogen) atoms. The fourth-order valence-electron chi connectivity index (χ4n) is 4.18. The molecule has 1 aliphatic carbocycles. The molecule has 0 aliphatic heterocycles. The number of benzene rings is 1. The van der Waals surface area contributed by atoms with Crippen molar-refractivity contribution in [2.45, 2.75) is 43.9 Å². The number of imidazole rings is 1. The molecule has 0 bridgehead atoms. The van der Waals surface area contributed by atoms with Crippen LogP contribution in [0.15, 0.2) is 53.4 Å². The highest BCUT2D eigenvalue weighted by molar-refractivity contribution is 6.04. The van der Waals surface area contributed by atoms with Crippen LogP contribution in [0.5, 0.6) is 0 Å². The fourth-order valence-corrected chi connectivity index (χ4v) is 4.18. The Morgan fingerprint density at radius 2 is 1.81 bits per heavy atom. The van der Waals surface area contributed by atoms with Crippen LogP contribution in [0.2, 0.25) is 0 Å². The number of oxazole rings is 1. The van der Waals surface area contributed by atoms with Crippen LogP contribution >= 0.6 is 0 Å². The standard InChI is InChI=1S/C22H20F3N5O2/c23-22(24,25)17-11-30-18(5-2-6-19(30)29-17)27-13-7-9-14(10-8-13)28-21(31)15-3-1-4-16-20(15)32-12-26-16/h1-6,11-14,27H,7-10H2,(H,28,31)/t13-,14+. The van der Waals surface area contributed by atoms with Gasteiger partial charge < -0.3 is 15.1 Å².